The van der Waals surface area contributed by atoms with Crippen molar-refractivity contribution in [3.05, 3.63) is 52.9 Å². The number of benzene rings is 1. The first-order chi connectivity index (χ1) is 14.0. The summed E-state index contributed by atoms with van der Waals surface area (Å²) in [6.45, 7) is 7.93. The van der Waals surface area contributed by atoms with Crippen LogP contribution >= 0.6 is 0 Å². The average molecular weight is 396 g/mol. The van der Waals surface area contributed by atoms with Gasteiger partial charge in [0.05, 0.1) is 18.2 Å². The van der Waals surface area contributed by atoms with Crippen LogP contribution in [0, 0.1) is 6.92 Å². The quantitative estimate of drug-likeness (QED) is 0.792. The fourth-order valence-electron chi connectivity index (χ4n) is 4.42. The van der Waals surface area contributed by atoms with Gasteiger partial charge in [0.15, 0.2) is 0 Å². The molecule has 2 aromatic rings. The summed E-state index contributed by atoms with van der Waals surface area (Å²) in [5, 5.41) is 4.05. The van der Waals surface area contributed by atoms with E-state index in [9.17, 15) is 9.59 Å². The normalized spacial score (nSPS) is 19.9. The molecule has 0 N–H and O–H groups in total. The van der Waals surface area contributed by atoms with Crippen LogP contribution in [0.15, 0.2) is 34.9 Å². The molecule has 0 saturated carbocycles. The van der Waals surface area contributed by atoms with Crippen molar-refractivity contribution >= 4 is 11.8 Å². The van der Waals surface area contributed by atoms with Gasteiger partial charge in [-0.15, -0.1) is 0 Å². The second-order valence-corrected chi connectivity index (χ2v) is 7.97. The molecule has 2 aliphatic rings. The summed E-state index contributed by atoms with van der Waals surface area (Å²) < 4.78 is 5.13. The first-order valence-electron chi connectivity index (χ1n) is 10.3. The molecule has 7 heteroatoms. The Morgan fingerprint density at radius 1 is 1.14 bits per heavy atom. The summed E-state index contributed by atoms with van der Waals surface area (Å²) in [7, 11) is 0. The van der Waals surface area contributed by atoms with Crippen LogP contribution in [-0.2, 0) is 22.6 Å². The molecule has 1 fully saturated rings. The Hall–Kier alpha value is -2.67. The van der Waals surface area contributed by atoms with Crippen LogP contribution in [0.4, 0.5) is 0 Å². The van der Waals surface area contributed by atoms with Gasteiger partial charge < -0.3 is 14.3 Å². The standard InChI is InChI=1S/C22H28N4O3/c1-16-13-19(23-29-16)15-24-9-11-25(12-10-24)22(28)14-21-20-6-4-3-5-18(20)7-8-26(21)17(2)27/h3-6,13,21H,7-12,14-15H2,1-2H3. The van der Waals surface area contributed by atoms with Gasteiger partial charge >= 0.3 is 0 Å². The minimum atomic E-state index is -0.166. The predicted octanol–water partition coefficient (Wildman–Crippen LogP) is 2.16. The second kappa shape index (κ2) is 8.37. The third kappa shape index (κ3) is 4.34. The fraction of sp³-hybridized carbons (Fsp3) is 0.500. The zero-order valence-electron chi connectivity index (χ0n) is 17.1. The van der Waals surface area contributed by atoms with Crippen LogP contribution in [0.2, 0.25) is 0 Å². The van der Waals surface area contributed by atoms with Crippen molar-refractivity contribution in [2.75, 3.05) is 32.7 Å². The highest BCUT2D eigenvalue weighted by Gasteiger charge is 2.32. The molecule has 2 aliphatic heterocycles. The summed E-state index contributed by atoms with van der Waals surface area (Å²) in [4.78, 5) is 31.3. The van der Waals surface area contributed by atoms with Crippen molar-refractivity contribution < 1.29 is 14.1 Å². The molecule has 2 amide bonds. The summed E-state index contributed by atoms with van der Waals surface area (Å²) in [6.07, 6.45) is 1.19. The minimum absolute atomic E-state index is 0.0324. The van der Waals surface area contributed by atoms with Gasteiger partial charge in [0.25, 0.3) is 0 Å². The Balaban J connectivity index is 1.38. The Morgan fingerprint density at radius 2 is 1.90 bits per heavy atom. The number of carbonyl (C=O) groups is 2. The number of nitrogens with zero attached hydrogens (tertiary/aromatic N) is 4. The van der Waals surface area contributed by atoms with Gasteiger partial charge in [-0.3, -0.25) is 14.5 Å². The van der Waals surface area contributed by atoms with E-state index in [0.29, 0.717) is 26.1 Å². The van der Waals surface area contributed by atoms with E-state index in [1.807, 2.05) is 34.9 Å². The Morgan fingerprint density at radius 3 is 2.59 bits per heavy atom. The number of piperazine rings is 1. The van der Waals surface area contributed by atoms with Crippen molar-refractivity contribution in [3.8, 4) is 0 Å². The first kappa shape index (κ1) is 19.6. The van der Waals surface area contributed by atoms with Crippen LogP contribution in [0.5, 0.6) is 0 Å². The monoisotopic (exact) mass is 396 g/mol. The van der Waals surface area contributed by atoms with Gasteiger partial charge in [-0.1, -0.05) is 29.4 Å². The molecular weight excluding hydrogens is 368 g/mol. The molecule has 0 aliphatic carbocycles. The summed E-state index contributed by atoms with van der Waals surface area (Å²) in [5.41, 5.74) is 3.29. The molecule has 0 spiro atoms. The number of aromatic nitrogens is 1. The largest absolute Gasteiger partial charge is 0.361 e. The molecule has 1 atom stereocenters. The summed E-state index contributed by atoms with van der Waals surface area (Å²) in [5.74, 6) is 0.969. The summed E-state index contributed by atoms with van der Waals surface area (Å²) in [6, 6.07) is 9.96. The molecule has 1 aromatic carbocycles. The fourth-order valence-corrected chi connectivity index (χ4v) is 4.42. The molecular formula is C22H28N4O3. The predicted molar refractivity (Wildman–Crippen MR) is 108 cm³/mol. The molecule has 29 heavy (non-hydrogen) atoms. The molecule has 0 radical (unpaired) electrons. The van der Waals surface area contributed by atoms with E-state index in [0.717, 1.165) is 43.1 Å². The molecule has 4 rings (SSSR count). The maximum Gasteiger partial charge on any atom is 0.225 e. The molecule has 3 heterocycles. The van der Waals surface area contributed by atoms with Gasteiger partial charge in [-0.05, 0) is 24.5 Å². The van der Waals surface area contributed by atoms with Crippen LogP contribution in [0.3, 0.4) is 0 Å². The number of aryl methyl sites for hydroxylation is 1. The van der Waals surface area contributed by atoms with Crippen molar-refractivity contribution in [2.45, 2.75) is 39.3 Å². The number of amides is 2. The molecule has 1 unspecified atom stereocenters. The van der Waals surface area contributed by atoms with Crippen molar-refractivity contribution in [3.63, 3.8) is 0 Å². The van der Waals surface area contributed by atoms with Gasteiger partial charge in [-0.2, -0.15) is 0 Å². The molecule has 154 valence electrons. The van der Waals surface area contributed by atoms with Crippen LogP contribution < -0.4 is 0 Å². The average Bonchev–Trinajstić information content (AvgIpc) is 3.13. The van der Waals surface area contributed by atoms with E-state index in [1.165, 1.54) is 5.56 Å². The smallest absolute Gasteiger partial charge is 0.225 e. The van der Waals surface area contributed by atoms with Crippen LogP contribution in [0.25, 0.3) is 0 Å². The third-order valence-electron chi connectivity index (χ3n) is 5.97. The van der Waals surface area contributed by atoms with E-state index in [4.69, 9.17) is 4.52 Å². The Kier molecular flexibility index (Phi) is 5.67. The lowest BCUT2D eigenvalue weighted by Crippen LogP contribution is -2.49. The van der Waals surface area contributed by atoms with E-state index < -0.39 is 0 Å². The van der Waals surface area contributed by atoms with Crippen molar-refractivity contribution in [1.29, 1.82) is 0 Å². The lowest BCUT2D eigenvalue weighted by molar-refractivity contribution is -0.137. The van der Waals surface area contributed by atoms with E-state index in [1.54, 1.807) is 6.92 Å². The third-order valence-corrected chi connectivity index (χ3v) is 5.97. The Labute approximate surface area is 171 Å². The number of rotatable bonds is 4. The molecule has 1 saturated heterocycles. The van der Waals surface area contributed by atoms with E-state index in [-0.39, 0.29) is 17.9 Å². The number of hydrogen-bond acceptors (Lipinski definition) is 5. The van der Waals surface area contributed by atoms with Gasteiger partial charge in [0.1, 0.15) is 5.76 Å². The topological polar surface area (TPSA) is 69.9 Å². The first-order valence-corrected chi connectivity index (χ1v) is 10.3. The number of carbonyl (C=O) groups excluding carboxylic acids is 2. The van der Waals surface area contributed by atoms with Crippen molar-refractivity contribution in [2.24, 2.45) is 0 Å². The zero-order chi connectivity index (χ0) is 20.4. The van der Waals surface area contributed by atoms with E-state index >= 15 is 0 Å². The SMILES string of the molecule is CC(=O)N1CCc2ccccc2C1CC(=O)N1CCN(Cc2cc(C)on2)CC1. The van der Waals surface area contributed by atoms with Crippen molar-refractivity contribution in [1.82, 2.24) is 19.9 Å². The van der Waals surface area contributed by atoms with Crippen LogP contribution in [0.1, 0.15) is 42.0 Å². The summed E-state index contributed by atoms with van der Waals surface area (Å²) >= 11 is 0. The van der Waals surface area contributed by atoms with Gasteiger partial charge in [-0.25, -0.2) is 0 Å². The second-order valence-electron chi connectivity index (χ2n) is 7.97. The lowest BCUT2D eigenvalue weighted by Gasteiger charge is -2.39. The molecule has 0 bridgehead atoms. The molecule has 7 nitrogen and oxygen atoms in total. The van der Waals surface area contributed by atoms with Crippen LogP contribution in [-0.4, -0.2) is 64.4 Å². The highest BCUT2D eigenvalue weighted by atomic mass is 16.5. The highest BCUT2D eigenvalue weighted by molar-refractivity contribution is 5.80. The number of fused-ring (bicyclic) bond motifs is 1. The minimum Gasteiger partial charge on any atom is -0.361 e. The zero-order valence-corrected chi connectivity index (χ0v) is 17.1. The van der Waals surface area contributed by atoms with E-state index in [2.05, 4.69) is 22.2 Å². The maximum absolute atomic E-state index is 13.1. The van der Waals surface area contributed by atoms with Gasteiger partial charge in [0, 0.05) is 52.3 Å². The maximum atomic E-state index is 13.1. The lowest BCUT2D eigenvalue weighted by atomic mass is 9.90. The molecule has 1 aromatic heterocycles. The highest BCUT2D eigenvalue weighted by Crippen LogP contribution is 2.32. The van der Waals surface area contributed by atoms with Gasteiger partial charge in [0.2, 0.25) is 11.8 Å². The Bertz CT molecular complexity index is 886. The number of hydrogen-bond donors (Lipinski definition) is 0.